The zero-order valence-electron chi connectivity index (χ0n) is 10.8. The quantitative estimate of drug-likeness (QED) is 0.610. The molecule has 0 unspecified atom stereocenters. The minimum absolute atomic E-state index is 0.323. The highest BCUT2D eigenvalue weighted by Gasteiger charge is 2.12. The lowest BCUT2D eigenvalue weighted by molar-refractivity contribution is 0.482. The molecule has 0 amide bonds. The molecule has 3 aromatic rings. The highest BCUT2D eigenvalue weighted by atomic mass is 79.9. The van der Waals surface area contributed by atoms with Crippen LogP contribution in [0.5, 0.6) is 5.75 Å². The Morgan fingerprint density at radius 1 is 1.10 bits per heavy atom. The number of fused-ring (bicyclic) bond motifs is 1. The first kappa shape index (κ1) is 13.3. The van der Waals surface area contributed by atoms with Gasteiger partial charge >= 0.3 is 0 Å². The summed E-state index contributed by atoms with van der Waals surface area (Å²) in [6, 6.07) is 15.6. The lowest BCUT2D eigenvalue weighted by atomic mass is 10.2. The summed E-state index contributed by atoms with van der Waals surface area (Å²) in [7, 11) is 0. The number of rotatable bonds is 2. The lowest BCUT2D eigenvalue weighted by Gasteiger charge is -1.99. The van der Waals surface area contributed by atoms with E-state index in [0.717, 1.165) is 30.8 Å². The highest BCUT2D eigenvalue weighted by molar-refractivity contribution is 9.10. The third kappa shape index (κ3) is 2.49. The number of nitrogens with zero attached hydrogens (tertiary/aromatic N) is 1. The Kier molecular flexibility index (Phi) is 3.59. The first-order valence-electron chi connectivity index (χ1n) is 6.17. The molecule has 1 N–H and O–H groups in total. The van der Waals surface area contributed by atoms with Crippen molar-refractivity contribution < 1.29 is 5.11 Å². The van der Waals surface area contributed by atoms with Crippen molar-refractivity contribution in [3.63, 3.8) is 0 Å². The minimum Gasteiger partial charge on any atom is -0.506 e. The predicted octanol–water partition coefficient (Wildman–Crippen LogP) is 5.51. The van der Waals surface area contributed by atoms with Crippen molar-refractivity contribution in [3.8, 4) is 5.75 Å². The van der Waals surface area contributed by atoms with E-state index in [1.165, 1.54) is 0 Å². The van der Waals surface area contributed by atoms with Crippen molar-refractivity contribution in [1.82, 2.24) is 0 Å². The number of aromatic hydroxyl groups is 1. The van der Waals surface area contributed by atoms with E-state index < -0.39 is 0 Å². The molecule has 0 spiro atoms. The number of hydrogen-bond donors (Lipinski definition) is 1. The molecule has 100 valence electrons. The summed E-state index contributed by atoms with van der Waals surface area (Å²) in [6.07, 6.45) is 0. The van der Waals surface area contributed by atoms with Gasteiger partial charge in [0.2, 0.25) is 0 Å². The van der Waals surface area contributed by atoms with E-state index >= 15 is 0 Å². The summed E-state index contributed by atoms with van der Waals surface area (Å²) in [5.41, 5.74) is 1.70. The Bertz CT molecular complexity index is 790. The van der Waals surface area contributed by atoms with Crippen LogP contribution in [0.15, 0.2) is 58.0 Å². The fourth-order valence-electron chi connectivity index (χ4n) is 2.04. The van der Waals surface area contributed by atoms with Gasteiger partial charge in [-0.1, -0.05) is 28.1 Å². The molecule has 0 bridgehead atoms. The van der Waals surface area contributed by atoms with Gasteiger partial charge in [-0.2, -0.15) is 0 Å². The second-order valence-electron chi connectivity index (χ2n) is 4.45. The molecule has 0 saturated heterocycles. The van der Waals surface area contributed by atoms with Gasteiger partial charge in [-0.15, -0.1) is 11.3 Å². The maximum atomic E-state index is 10.3. The standard InChI is InChI=1S/C16H12BrNOS/c1-10(18-12-8-6-11(17)7-9-12)16-15(19)13-4-2-3-5-14(13)20-16/h2-9,19H,1H3. The molecule has 0 aliphatic rings. The molecular weight excluding hydrogens is 334 g/mol. The van der Waals surface area contributed by atoms with Crippen LogP contribution < -0.4 is 0 Å². The first-order valence-corrected chi connectivity index (χ1v) is 7.78. The van der Waals surface area contributed by atoms with E-state index in [2.05, 4.69) is 20.9 Å². The van der Waals surface area contributed by atoms with Gasteiger partial charge in [-0.25, -0.2) is 0 Å². The summed E-state index contributed by atoms with van der Waals surface area (Å²) in [4.78, 5) is 5.40. The molecule has 2 nitrogen and oxygen atoms in total. The van der Waals surface area contributed by atoms with Crippen LogP contribution in [0.1, 0.15) is 11.8 Å². The van der Waals surface area contributed by atoms with Crippen molar-refractivity contribution >= 4 is 48.8 Å². The van der Waals surface area contributed by atoms with Crippen LogP contribution in [0.2, 0.25) is 0 Å². The van der Waals surface area contributed by atoms with Crippen LogP contribution in [0.4, 0.5) is 5.69 Å². The Labute approximate surface area is 129 Å². The zero-order chi connectivity index (χ0) is 14.1. The average Bonchev–Trinajstić information content (AvgIpc) is 2.79. The number of benzene rings is 2. The molecule has 4 heteroatoms. The maximum Gasteiger partial charge on any atom is 0.143 e. The molecule has 0 radical (unpaired) electrons. The predicted molar refractivity (Wildman–Crippen MR) is 89.5 cm³/mol. The van der Waals surface area contributed by atoms with Crippen LogP contribution in [0, 0.1) is 0 Å². The SMILES string of the molecule is CC(=Nc1ccc(Br)cc1)c1sc2ccccc2c1O. The highest BCUT2D eigenvalue weighted by Crippen LogP contribution is 2.37. The van der Waals surface area contributed by atoms with Gasteiger partial charge < -0.3 is 5.11 Å². The Morgan fingerprint density at radius 3 is 2.50 bits per heavy atom. The second-order valence-corrected chi connectivity index (χ2v) is 6.42. The Hall–Kier alpha value is -1.65. The maximum absolute atomic E-state index is 10.3. The van der Waals surface area contributed by atoms with Gasteiger partial charge in [0.05, 0.1) is 16.3 Å². The van der Waals surface area contributed by atoms with Crippen molar-refractivity contribution in [2.24, 2.45) is 4.99 Å². The van der Waals surface area contributed by atoms with E-state index in [4.69, 9.17) is 0 Å². The van der Waals surface area contributed by atoms with Crippen LogP contribution in [0.3, 0.4) is 0 Å². The van der Waals surface area contributed by atoms with Crippen molar-refractivity contribution in [2.75, 3.05) is 0 Å². The number of halogens is 1. The lowest BCUT2D eigenvalue weighted by Crippen LogP contribution is -1.89. The van der Waals surface area contributed by atoms with Crippen molar-refractivity contribution in [2.45, 2.75) is 6.92 Å². The van der Waals surface area contributed by atoms with E-state index in [-0.39, 0.29) is 0 Å². The van der Waals surface area contributed by atoms with Crippen LogP contribution >= 0.6 is 27.3 Å². The van der Waals surface area contributed by atoms with Crippen molar-refractivity contribution in [3.05, 3.63) is 57.9 Å². The molecule has 0 atom stereocenters. The normalized spacial score (nSPS) is 12.0. The van der Waals surface area contributed by atoms with Crippen LogP contribution in [0.25, 0.3) is 10.1 Å². The molecular formula is C16H12BrNOS. The average molecular weight is 346 g/mol. The Balaban J connectivity index is 2.05. The molecule has 0 fully saturated rings. The molecule has 0 saturated carbocycles. The second kappa shape index (κ2) is 5.38. The van der Waals surface area contributed by atoms with Crippen LogP contribution in [-0.2, 0) is 0 Å². The first-order chi connectivity index (χ1) is 9.65. The third-order valence-corrected chi connectivity index (χ3v) is 4.82. The third-order valence-electron chi connectivity index (χ3n) is 3.02. The fourth-order valence-corrected chi connectivity index (χ4v) is 3.34. The molecule has 0 aliphatic heterocycles. The fraction of sp³-hybridized carbons (Fsp3) is 0.0625. The summed E-state index contributed by atoms with van der Waals surface area (Å²) in [5, 5.41) is 11.2. The zero-order valence-corrected chi connectivity index (χ0v) is 13.2. The van der Waals surface area contributed by atoms with E-state index in [0.29, 0.717) is 5.75 Å². The Morgan fingerprint density at radius 2 is 1.80 bits per heavy atom. The number of aliphatic imine (C=N–C) groups is 1. The van der Waals surface area contributed by atoms with Gasteiger partial charge in [-0.05, 0) is 43.3 Å². The van der Waals surface area contributed by atoms with Gasteiger partial charge in [0, 0.05) is 14.6 Å². The summed E-state index contributed by atoms with van der Waals surface area (Å²) >= 11 is 4.97. The topological polar surface area (TPSA) is 32.6 Å². The smallest absolute Gasteiger partial charge is 0.143 e. The monoisotopic (exact) mass is 345 g/mol. The molecule has 2 aromatic carbocycles. The minimum atomic E-state index is 0.323. The molecule has 1 aromatic heterocycles. The van der Waals surface area contributed by atoms with Gasteiger partial charge in [0.1, 0.15) is 5.75 Å². The van der Waals surface area contributed by atoms with Gasteiger partial charge in [-0.3, -0.25) is 4.99 Å². The summed E-state index contributed by atoms with van der Waals surface area (Å²) in [5.74, 6) is 0.323. The van der Waals surface area contributed by atoms with E-state index in [1.54, 1.807) is 11.3 Å². The summed E-state index contributed by atoms with van der Waals surface area (Å²) in [6.45, 7) is 1.92. The number of thiophene rings is 1. The van der Waals surface area contributed by atoms with Gasteiger partial charge in [0.25, 0.3) is 0 Å². The largest absolute Gasteiger partial charge is 0.506 e. The van der Waals surface area contributed by atoms with Gasteiger partial charge in [0.15, 0.2) is 0 Å². The van der Waals surface area contributed by atoms with E-state index in [1.807, 2.05) is 55.5 Å². The molecule has 3 rings (SSSR count). The van der Waals surface area contributed by atoms with E-state index in [9.17, 15) is 5.11 Å². The summed E-state index contributed by atoms with van der Waals surface area (Å²) < 4.78 is 2.10. The van der Waals surface area contributed by atoms with Crippen LogP contribution in [-0.4, -0.2) is 10.8 Å². The molecule has 0 aliphatic carbocycles. The van der Waals surface area contributed by atoms with Crippen molar-refractivity contribution in [1.29, 1.82) is 0 Å². The molecule has 20 heavy (non-hydrogen) atoms. The number of hydrogen-bond acceptors (Lipinski definition) is 3. The molecule has 1 heterocycles.